The monoisotopic (exact) mass is 284 g/mol. The first-order valence-electron chi connectivity index (χ1n) is 7.49. The van der Waals surface area contributed by atoms with Crippen LogP contribution in [0.25, 0.3) is 11.8 Å². The van der Waals surface area contributed by atoms with Crippen LogP contribution in [0.2, 0.25) is 0 Å². The van der Waals surface area contributed by atoms with Gasteiger partial charge in [-0.25, -0.2) is 0 Å². The fraction of sp³-hybridized carbons (Fsp3) is 0.0476. The Bertz CT molecular complexity index is 804. The van der Waals surface area contributed by atoms with E-state index in [1.807, 2.05) is 24.3 Å². The summed E-state index contributed by atoms with van der Waals surface area (Å²) in [5.41, 5.74) is 4.75. The van der Waals surface area contributed by atoms with Gasteiger partial charge in [0.2, 0.25) is 0 Å². The highest BCUT2D eigenvalue weighted by Gasteiger charge is 2.28. The zero-order valence-electron chi connectivity index (χ0n) is 12.1. The average Bonchev–Trinajstić information content (AvgIpc) is 2.96. The lowest BCUT2D eigenvalue weighted by molar-refractivity contribution is 0.230. The van der Waals surface area contributed by atoms with E-state index in [1.165, 1.54) is 16.7 Å². The molecule has 1 atom stereocenters. The van der Waals surface area contributed by atoms with Gasteiger partial charge in [0, 0.05) is 11.1 Å². The lowest BCUT2D eigenvalue weighted by Crippen LogP contribution is -1.97. The minimum atomic E-state index is -0.0210. The highest BCUT2D eigenvalue weighted by atomic mass is 16.5. The summed E-state index contributed by atoms with van der Waals surface area (Å²) in [6.45, 7) is 0. The Morgan fingerprint density at radius 1 is 0.682 bits per heavy atom. The first-order valence-corrected chi connectivity index (χ1v) is 7.49. The van der Waals surface area contributed by atoms with Crippen molar-refractivity contribution in [3.63, 3.8) is 0 Å². The van der Waals surface area contributed by atoms with Crippen LogP contribution in [0.5, 0.6) is 0 Å². The van der Waals surface area contributed by atoms with Gasteiger partial charge in [0.05, 0.1) is 0 Å². The normalized spacial score (nSPS) is 18.0. The molecule has 0 saturated carbocycles. The van der Waals surface area contributed by atoms with Gasteiger partial charge in [-0.3, -0.25) is 0 Å². The van der Waals surface area contributed by atoms with Crippen LogP contribution in [0, 0.1) is 0 Å². The Hall–Kier alpha value is -2.80. The van der Waals surface area contributed by atoms with E-state index in [2.05, 4.69) is 66.7 Å². The summed E-state index contributed by atoms with van der Waals surface area (Å²) in [7, 11) is 0. The van der Waals surface area contributed by atoms with Crippen LogP contribution in [0.1, 0.15) is 28.4 Å². The second-order valence-electron chi connectivity index (χ2n) is 5.42. The van der Waals surface area contributed by atoms with Gasteiger partial charge >= 0.3 is 0 Å². The Labute approximate surface area is 130 Å². The van der Waals surface area contributed by atoms with Crippen LogP contribution in [-0.2, 0) is 4.74 Å². The molecule has 4 rings (SSSR count). The van der Waals surface area contributed by atoms with Crippen molar-refractivity contribution in [1.29, 1.82) is 0 Å². The molecule has 0 N–H and O–H groups in total. The van der Waals surface area contributed by atoms with Crippen LogP contribution < -0.4 is 0 Å². The topological polar surface area (TPSA) is 9.23 Å². The molecular formula is C21H16O. The minimum Gasteiger partial charge on any atom is -0.480 e. The van der Waals surface area contributed by atoms with Crippen molar-refractivity contribution in [3.05, 3.63) is 107 Å². The van der Waals surface area contributed by atoms with Crippen molar-refractivity contribution in [2.24, 2.45) is 0 Å². The van der Waals surface area contributed by atoms with E-state index in [-0.39, 0.29) is 6.10 Å². The third kappa shape index (κ3) is 2.31. The predicted octanol–water partition coefficient (Wildman–Crippen LogP) is 5.30. The Kier molecular flexibility index (Phi) is 3.24. The Balaban J connectivity index is 1.79. The molecule has 1 heteroatoms. The van der Waals surface area contributed by atoms with Crippen LogP contribution in [0.3, 0.4) is 0 Å². The molecule has 106 valence electrons. The second-order valence-corrected chi connectivity index (χ2v) is 5.42. The molecular weight excluding hydrogens is 268 g/mol. The summed E-state index contributed by atoms with van der Waals surface area (Å²) in [6, 6.07) is 29.1. The number of hydrogen-bond acceptors (Lipinski definition) is 1. The number of rotatable bonds is 2. The summed E-state index contributed by atoms with van der Waals surface area (Å²) in [4.78, 5) is 0. The molecule has 0 amide bonds. The van der Waals surface area contributed by atoms with Gasteiger partial charge in [-0.05, 0) is 17.2 Å². The van der Waals surface area contributed by atoms with Crippen molar-refractivity contribution in [1.82, 2.24) is 0 Å². The van der Waals surface area contributed by atoms with Gasteiger partial charge in [0.1, 0.15) is 11.9 Å². The van der Waals surface area contributed by atoms with Crippen molar-refractivity contribution < 1.29 is 4.74 Å². The standard InChI is InChI=1S/C21H16O/c1-3-9-16(10-4-1)15-20-18-13-7-8-14-19(18)21(22-20)17-11-5-2-6-12-17/h1-15,21H/b20-15-. The van der Waals surface area contributed by atoms with Gasteiger partial charge in [-0.15, -0.1) is 0 Å². The van der Waals surface area contributed by atoms with Crippen molar-refractivity contribution >= 4 is 11.8 Å². The molecule has 1 aliphatic heterocycles. The number of benzene rings is 3. The molecule has 0 spiro atoms. The van der Waals surface area contributed by atoms with E-state index < -0.39 is 0 Å². The van der Waals surface area contributed by atoms with Crippen LogP contribution in [-0.4, -0.2) is 0 Å². The maximum Gasteiger partial charge on any atom is 0.150 e. The molecule has 1 heterocycles. The average molecular weight is 284 g/mol. The summed E-state index contributed by atoms with van der Waals surface area (Å²) < 4.78 is 6.28. The van der Waals surface area contributed by atoms with E-state index >= 15 is 0 Å². The largest absolute Gasteiger partial charge is 0.480 e. The highest BCUT2D eigenvalue weighted by Crippen LogP contribution is 2.42. The lowest BCUT2D eigenvalue weighted by atomic mass is 9.98. The van der Waals surface area contributed by atoms with Gasteiger partial charge < -0.3 is 4.74 Å². The van der Waals surface area contributed by atoms with Crippen molar-refractivity contribution in [2.45, 2.75) is 6.10 Å². The molecule has 1 unspecified atom stereocenters. The third-order valence-electron chi connectivity index (χ3n) is 3.95. The van der Waals surface area contributed by atoms with Crippen molar-refractivity contribution in [2.75, 3.05) is 0 Å². The maximum absolute atomic E-state index is 6.28. The fourth-order valence-electron chi connectivity index (χ4n) is 2.89. The van der Waals surface area contributed by atoms with E-state index in [1.54, 1.807) is 0 Å². The van der Waals surface area contributed by atoms with Gasteiger partial charge in [-0.2, -0.15) is 0 Å². The summed E-state index contributed by atoms with van der Waals surface area (Å²) >= 11 is 0. The third-order valence-corrected chi connectivity index (χ3v) is 3.95. The quantitative estimate of drug-likeness (QED) is 0.620. The molecule has 0 bridgehead atoms. The zero-order chi connectivity index (χ0) is 14.8. The minimum absolute atomic E-state index is 0.0210. The number of fused-ring (bicyclic) bond motifs is 1. The molecule has 0 radical (unpaired) electrons. The predicted molar refractivity (Wildman–Crippen MR) is 90.1 cm³/mol. The lowest BCUT2D eigenvalue weighted by Gasteiger charge is -2.12. The van der Waals surface area contributed by atoms with E-state index in [0.717, 1.165) is 11.3 Å². The smallest absolute Gasteiger partial charge is 0.150 e. The molecule has 3 aromatic rings. The van der Waals surface area contributed by atoms with Crippen LogP contribution in [0.4, 0.5) is 0 Å². The Morgan fingerprint density at radius 2 is 1.32 bits per heavy atom. The summed E-state index contributed by atoms with van der Waals surface area (Å²) in [6.07, 6.45) is 2.09. The molecule has 0 fully saturated rings. The van der Waals surface area contributed by atoms with Crippen LogP contribution >= 0.6 is 0 Å². The summed E-state index contributed by atoms with van der Waals surface area (Å²) in [5, 5.41) is 0. The molecule has 0 aliphatic carbocycles. The first-order chi connectivity index (χ1) is 10.9. The first kappa shape index (κ1) is 12.9. The highest BCUT2D eigenvalue weighted by molar-refractivity contribution is 5.81. The fourth-order valence-corrected chi connectivity index (χ4v) is 2.89. The molecule has 1 nitrogen and oxygen atoms in total. The zero-order valence-corrected chi connectivity index (χ0v) is 12.1. The van der Waals surface area contributed by atoms with Gasteiger partial charge in [0.15, 0.2) is 0 Å². The molecule has 3 aromatic carbocycles. The van der Waals surface area contributed by atoms with E-state index in [0.29, 0.717) is 0 Å². The number of ether oxygens (including phenoxy) is 1. The van der Waals surface area contributed by atoms with Crippen LogP contribution in [0.15, 0.2) is 84.9 Å². The molecule has 1 aliphatic rings. The van der Waals surface area contributed by atoms with Gasteiger partial charge in [-0.1, -0.05) is 84.9 Å². The SMILES string of the molecule is C(=C1/OC(c2ccccc2)c2ccccc21)/c1ccccc1. The van der Waals surface area contributed by atoms with E-state index in [9.17, 15) is 0 Å². The Morgan fingerprint density at radius 3 is 2.09 bits per heavy atom. The van der Waals surface area contributed by atoms with Gasteiger partial charge in [0.25, 0.3) is 0 Å². The molecule has 0 saturated heterocycles. The summed E-state index contributed by atoms with van der Waals surface area (Å²) in [5.74, 6) is 0.940. The number of hydrogen-bond donors (Lipinski definition) is 0. The molecule has 0 aromatic heterocycles. The maximum atomic E-state index is 6.28. The molecule has 22 heavy (non-hydrogen) atoms. The second kappa shape index (κ2) is 5.53. The van der Waals surface area contributed by atoms with Crippen molar-refractivity contribution in [3.8, 4) is 0 Å². The van der Waals surface area contributed by atoms with E-state index in [4.69, 9.17) is 4.74 Å².